The number of hydrogen-bond donors (Lipinski definition) is 1. The molecule has 2 heterocycles. The second-order valence-electron chi connectivity index (χ2n) is 7.64. The summed E-state index contributed by atoms with van der Waals surface area (Å²) in [6.45, 7) is 1.82. The number of aliphatic imine (C=N–C) groups is 2. The second-order valence-corrected chi connectivity index (χ2v) is 9.52. The van der Waals surface area contributed by atoms with Crippen molar-refractivity contribution in [3.8, 4) is 0 Å². The lowest BCUT2D eigenvalue weighted by atomic mass is 9.99. The number of benzene rings is 2. The maximum atomic E-state index is 13.4. The smallest absolute Gasteiger partial charge is 0.234 e. The lowest BCUT2D eigenvalue weighted by Gasteiger charge is -2.33. The van der Waals surface area contributed by atoms with Crippen molar-refractivity contribution in [1.29, 1.82) is 0 Å². The molecule has 5 nitrogen and oxygen atoms in total. The number of nitrogens with one attached hydrogen (secondary N) is 1. The van der Waals surface area contributed by atoms with Gasteiger partial charge in [-0.05, 0) is 31.3 Å². The molecule has 4 rings (SSSR count). The number of halogens is 3. The lowest BCUT2D eigenvalue weighted by Crippen LogP contribution is -2.39. The van der Waals surface area contributed by atoms with Crippen LogP contribution in [0.5, 0.6) is 0 Å². The Bertz CT molecular complexity index is 1050. The van der Waals surface area contributed by atoms with Crippen LogP contribution in [0, 0.1) is 11.6 Å². The zero-order valence-corrected chi connectivity index (χ0v) is 19.3. The number of piperidine rings is 1. The molecule has 1 fully saturated rings. The van der Waals surface area contributed by atoms with Crippen LogP contribution in [0.2, 0.25) is 0 Å². The molecule has 1 amide bonds. The molecule has 0 bridgehead atoms. The topological polar surface area (TPSA) is 57.1 Å². The van der Waals surface area contributed by atoms with Crippen LogP contribution in [-0.2, 0) is 4.79 Å². The van der Waals surface area contributed by atoms with E-state index in [1.54, 1.807) is 0 Å². The van der Waals surface area contributed by atoms with Crippen molar-refractivity contribution in [1.82, 2.24) is 4.90 Å². The third-order valence-electron chi connectivity index (χ3n) is 5.28. The van der Waals surface area contributed by atoms with Crippen molar-refractivity contribution in [2.75, 3.05) is 31.2 Å². The molecule has 0 atom stereocenters. The molecule has 0 saturated carbocycles. The van der Waals surface area contributed by atoms with E-state index in [4.69, 9.17) is 9.98 Å². The van der Waals surface area contributed by atoms with Gasteiger partial charge >= 0.3 is 0 Å². The Morgan fingerprint density at radius 3 is 2.52 bits per heavy atom. The molecule has 2 aromatic carbocycles. The number of nitrogens with zero attached hydrogens (tertiary/aromatic N) is 3. The van der Waals surface area contributed by atoms with Gasteiger partial charge in [-0.25, -0.2) is 13.8 Å². The van der Waals surface area contributed by atoms with Gasteiger partial charge in [0.25, 0.3) is 0 Å². The van der Waals surface area contributed by atoms with Gasteiger partial charge in [-0.15, -0.1) is 0 Å². The van der Waals surface area contributed by atoms with Crippen LogP contribution in [-0.4, -0.2) is 53.1 Å². The van der Waals surface area contributed by atoms with Gasteiger partial charge in [0.15, 0.2) is 17.3 Å². The van der Waals surface area contributed by atoms with Crippen molar-refractivity contribution in [3.05, 3.63) is 64.1 Å². The molecule has 0 aromatic heterocycles. The number of thioether (sulfide) groups is 1. The van der Waals surface area contributed by atoms with E-state index in [1.165, 1.54) is 17.8 Å². The fourth-order valence-corrected chi connectivity index (χ4v) is 4.66. The van der Waals surface area contributed by atoms with Crippen LogP contribution < -0.4 is 5.32 Å². The first-order valence-electron chi connectivity index (χ1n) is 9.86. The Kier molecular flexibility index (Phi) is 6.55. The Morgan fingerprint density at radius 1 is 1.13 bits per heavy atom. The predicted molar refractivity (Wildman–Crippen MR) is 125 cm³/mol. The van der Waals surface area contributed by atoms with Crippen LogP contribution in [0.4, 0.5) is 14.5 Å². The molecule has 9 heteroatoms. The largest absolute Gasteiger partial charge is 0.325 e. The molecule has 2 aliphatic rings. The van der Waals surface area contributed by atoms with E-state index in [0.717, 1.165) is 58.9 Å². The lowest BCUT2D eigenvalue weighted by molar-refractivity contribution is -0.113. The average Bonchev–Trinajstić information content (AvgIpc) is 3.10. The highest BCUT2D eigenvalue weighted by atomic mass is 79.9. The molecular formula is C22H21BrF2N4OS. The molecule has 0 unspecified atom stereocenters. The van der Waals surface area contributed by atoms with E-state index in [0.29, 0.717) is 0 Å². The summed E-state index contributed by atoms with van der Waals surface area (Å²) in [6, 6.07) is 11.2. The summed E-state index contributed by atoms with van der Waals surface area (Å²) < 4.78 is 27.4. The fourth-order valence-electron chi connectivity index (χ4n) is 3.52. The highest BCUT2D eigenvalue weighted by Gasteiger charge is 2.39. The molecule has 1 spiro atoms. The third-order valence-corrected chi connectivity index (χ3v) is 6.77. The highest BCUT2D eigenvalue weighted by Crippen LogP contribution is 2.35. The van der Waals surface area contributed by atoms with Crippen molar-refractivity contribution in [2.45, 2.75) is 18.5 Å². The molecule has 162 valence electrons. The number of carbonyl (C=O) groups excluding carboxylic acids is 1. The Labute approximate surface area is 192 Å². The van der Waals surface area contributed by atoms with Crippen LogP contribution in [0.3, 0.4) is 0 Å². The van der Waals surface area contributed by atoms with Gasteiger partial charge < -0.3 is 10.2 Å². The molecular weight excluding hydrogens is 486 g/mol. The standard InChI is InChI=1S/C22H21BrF2N4OS/c1-29-10-8-22(9-11-29)27-20(14-2-4-15(23)5-3-14)21(28-22)31-13-19(30)26-16-6-7-17(24)18(25)12-16/h2-7,12H,8-11,13H2,1H3,(H,26,30). The van der Waals surface area contributed by atoms with Gasteiger partial charge in [0.1, 0.15) is 5.04 Å². The fraction of sp³-hybridized carbons (Fsp3) is 0.318. The van der Waals surface area contributed by atoms with Crippen LogP contribution in [0.15, 0.2) is 56.9 Å². The maximum Gasteiger partial charge on any atom is 0.234 e. The highest BCUT2D eigenvalue weighted by molar-refractivity contribution is 9.10. The SMILES string of the molecule is CN1CCC2(CC1)N=C(SCC(=O)Nc1ccc(F)c(F)c1)C(c1ccc(Br)cc1)=N2. The van der Waals surface area contributed by atoms with Crippen molar-refractivity contribution in [2.24, 2.45) is 9.98 Å². The van der Waals surface area contributed by atoms with Crippen LogP contribution >= 0.6 is 27.7 Å². The molecule has 0 radical (unpaired) electrons. The zero-order valence-electron chi connectivity index (χ0n) is 16.9. The Balaban J connectivity index is 1.50. The Morgan fingerprint density at radius 2 is 1.84 bits per heavy atom. The molecule has 0 aliphatic carbocycles. The minimum atomic E-state index is -1.00. The second kappa shape index (κ2) is 9.18. The van der Waals surface area contributed by atoms with Gasteiger partial charge in [0.2, 0.25) is 5.91 Å². The van der Waals surface area contributed by atoms with E-state index in [1.807, 2.05) is 24.3 Å². The minimum Gasteiger partial charge on any atom is -0.325 e. The number of hydrogen-bond acceptors (Lipinski definition) is 5. The first kappa shape index (κ1) is 22.1. The van der Waals surface area contributed by atoms with Gasteiger partial charge in [-0.1, -0.05) is 39.8 Å². The van der Waals surface area contributed by atoms with Crippen molar-refractivity contribution < 1.29 is 13.6 Å². The summed E-state index contributed by atoms with van der Waals surface area (Å²) in [7, 11) is 2.09. The zero-order chi connectivity index (χ0) is 22.0. The van der Waals surface area contributed by atoms with Crippen molar-refractivity contribution in [3.63, 3.8) is 0 Å². The summed E-state index contributed by atoms with van der Waals surface area (Å²) in [4.78, 5) is 24.6. The maximum absolute atomic E-state index is 13.4. The number of likely N-dealkylation sites (tertiary alicyclic amines) is 1. The number of anilines is 1. The third kappa shape index (κ3) is 5.22. The quantitative estimate of drug-likeness (QED) is 0.652. The van der Waals surface area contributed by atoms with Crippen LogP contribution in [0.25, 0.3) is 0 Å². The van der Waals surface area contributed by atoms with Gasteiger partial charge in [0.05, 0.1) is 11.5 Å². The summed E-state index contributed by atoms with van der Waals surface area (Å²) in [5, 5.41) is 3.33. The molecule has 2 aliphatic heterocycles. The first-order chi connectivity index (χ1) is 14.8. The van der Waals surface area contributed by atoms with E-state index in [2.05, 4.69) is 33.2 Å². The molecule has 1 N–H and O–H groups in total. The molecule has 31 heavy (non-hydrogen) atoms. The minimum absolute atomic E-state index is 0.0867. The van der Waals surface area contributed by atoms with E-state index in [-0.39, 0.29) is 17.3 Å². The summed E-state index contributed by atoms with van der Waals surface area (Å²) in [5.74, 6) is -2.19. The number of carbonyl (C=O) groups is 1. The van der Waals surface area contributed by atoms with E-state index >= 15 is 0 Å². The Hall–Kier alpha value is -2.10. The van der Waals surface area contributed by atoms with E-state index < -0.39 is 17.3 Å². The normalized spacial score (nSPS) is 18.1. The summed E-state index contributed by atoms with van der Waals surface area (Å²) in [6.07, 6.45) is 1.66. The summed E-state index contributed by atoms with van der Waals surface area (Å²) in [5.41, 5.74) is 1.48. The van der Waals surface area contributed by atoms with Gasteiger partial charge in [-0.3, -0.25) is 9.79 Å². The van der Waals surface area contributed by atoms with E-state index in [9.17, 15) is 13.6 Å². The first-order valence-corrected chi connectivity index (χ1v) is 11.6. The van der Waals surface area contributed by atoms with Crippen molar-refractivity contribution >= 4 is 50.0 Å². The van der Waals surface area contributed by atoms with Crippen LogP contribution in [0.1, 0.15) is 18.4 Å². The number of amides is 1. The molecule has 2 aromatic rings. The average molecular weight is 507 g/mol. The number of rotatable bonds is 4. The summed E-state index contributed by atoms with van der Waals surface area (Å²) >= 11 is 4.76. The van der Waals surface area contributed by atoms with Gasteiger partial charge in [-0.2, -0.15) is 0 Å². The molecule has 1 saturated heterocycles. The predicted octanol–water partition coefficient (Wildman–Crippen LogP) is 4.72. The van der Waals surface area contributed by atoms with Gasteiger partial charge in [0, 0.05) is 47.7 Å². The monoisotopic (exact) mass is 506 g/mol.